The fourth-order valence-electron chi connectivity index (χ4n) is 1.93. The van der Waals surface area contributed by atoms with E-state index in [0.717, 1.165) is 26.2 Å². The lowest BCUT2D eigenvalue weighted by Gasteiger charge is -2.31. The summed E-state index contributed by atoms with van der Waals surface area (Å²) in [6, 6.07) is 0. The molecule has 1 amide bonds. The first-order valence-corrected chi connectivity index (χ1v) is 7.97. The van der Waals surface area contributed by atoms with Gasteiger partial charge in [-0.05, 0) is 20.9 Å². The van der Waals surface area contributed by atoms with Gasteiger partial charge in [0.15, 0.2) is 0 Å². The maximum absolute atomic E-state index is 11.8. The standard InChI is InChI=1S/C15H30N2O5/c1-14(2)21-12-10-19-8-9-20-11-13-22-15(18)17-6-4-16(3)5-7-17/h14H,4-13H2,1-3H3. The van der Waals surface area contributed by atoms with Gasteiger partial charge < -0.3 is 28.7 Å². The highest BCUT2D eigenvalue weighted by Gasteiger charge is 2.19. The van der Waals surface area contributed by atoms with Crippen LogP contribution in [0.15, 0.2) is 0 Å². The number of rotatable bonds is 10. The van der Waals surface area contributed by atoms with E-state index in [-0.39, 0.29) is 18.8 Å². The molecule has 0 aromatic rings. The van der Waals surface area contributed by atoms with Gasteiger partial charge in [0.25, 0.3) is 0 Å². The number of ether oxygens (including phenoxy) is 4. The number of likely N-dealkylation sites (N-methyl/N-ethyl adjacent to an activating group) is 1. The maximum atomic E-state index is 11.8. The van der Waals surface area contributed by atoms with Crippen LogP contribution in [-0.2, 0) is 18.9 Å². The molecule has 0 aliphatic carbocycles. The second-order valence-electron chi connectivity index (χ2n) is 5.55. The topological polar surface area (TPSA) is 60.5 Å². The van der Waals surface area contributed by atoms with E-state index in [4.69, 9.17) is 18.9 Å². The Morgan fingerprint density at radius 2 is 1.45 bits per heavy atom. The minimum Gasteiger partial charge on any atom is -0.447 e. The fourth-order valence-corrected chi connectivity index (χ4v) is 1.93. The van der Waals surface area contributed by atoms with Crippen LogP contribution in [0.1, 0.15) is 13.8 Å². The van der Waals surface area contributed by atoms with Crippen molar-refractivity contribution in [1.29, 1.82) is 0 Å². The highest BCUT2D eigenvalue weighted by molar-refractivity contribution is 5.67. The number of piperazine rings is 1. The molecule has 0 atom stereocenters. The molecule has 0 saturated carbocycles. The van der Waals surface area contributed by atoms with Crippen molar-refractivity contribution in [1.82, 2.24) is 9.80 Å². The van der Waals surface area contributed by atoms with E-state index < -0.39 is 0 Å². The zero-order valence-corrected chi connectivity index (χ0v) is 14.1. The first kappa shape index (κ1) is 19.2. The smallest absolute Gasteiger partial charge is 0.409 e. The van der Waals surface area contributed by atoms with Crippen LogP contribution in [-0.4, -0.2) is 94.9 Å². The molecule has 0 aromatic heterocycles. The van der Waals surface area contributed by atoms with E-state index in [2.05, 4.69) is 4.90 Å². The molecule has 22 heavy (non-hydrogen) atoms. The molecule has 130 valence electrons. The largest absolute Gasteiger partial charge is 0.447 e. The molecule has 0 unspecified atom stereocenters. The summed E-state index contributed by atoms with van der Waals surface area (Å²) in [4.78, 5) is 15.7. The zero-order valence-electron chi connectivity index (χ0n) is 14.1. The van der Waals surface area contributed by atoms with Crippen LogP contribution in [0.25, 0.3) is 0 Å². The van der Waals surface area contributed by atoms with Gasteiger partial charge in [0.1, 0.15) is 6.61 Å². The fraction of sp³-hybridized carbons (Fsp3) is 0.933. The molecule has 0 radical (unpaired) electrons. The van der Waals surface area contributed by atoms with Gasteiger partial charge in [0.05, 0.1) is 39.1 Å². The predicted molar refractivity (Wildman–Crippen MR) is 83.1 cm³/mol. The minimum atomic E-state index is -0.251. The predicted octanol–water partition coefficient (Wildman–Crippen LogP) is 0.829. The molecule has 1 saturated heterocycles. The first-order valence-electron chi connectivity index (χ1n) is 7.97. The quantitative estimate of drug-likeness (QED) is 0.556. The molecule has 7 heteroatoms. The molecule has 0 bridgehead atoms. The van der Waals surface area contributed by atoms with Crippen LogP contribution in [0.3, 0.4) is 0 Å². The van der Waals surface area contributed by atoms with E-state index >= 15 is 0 Å². The summed E-state index contributed by atoms with van der Waals surface area (Å²) >= 11 is 0. The van der Waals surface area contributed by atoms with E-state index in [9.17, 15) is 4.79 Å². The lowest BCUT2D eigenvalue weighted by Crippen LogP contribution is -2.47. The van der Waals surface area contributed by atoms with Crippen LogP contribution in [0.5, 0.6) is 0 Å². The van der Waals surface area contributed by atoms with Crippen LogP contribution < -0.4 is 0 Å². The summed E-state index contributed by atoms with van der Waals surface area (Å²) in [6.07, 6.45) is -0.0198. The van der Waals surface area contributed by atoms with Gasteiger partial charge in [-0.1, -0.05) is 0 Å². The van der Waals surface area contributed by atoms with Crippen molar-refractivity contribution < 1.29 is 23.7 Å². The molecule has 1 rings (SSSR count). The number of amides is 1. The molecular weight excluding hydrogens is 288 g/mol. The number of hydrogen-bond donors (Lipinski definition) is 0. The van der Waals surface area contributed by atoms with Crippen molar-refractivity contribution in [3.63, 3.8) is 0 Å². The Morgan fingerprint density at radius 3 is 2.05 bits per heavy atom. The van der Waals surface area contributed by atoms with Gasteiger partial charge in [-0.3, -0.25) is 0 Å². The zero-order chi connectivity index (χ0) is 16.2. The molecule has 0 N–H and O–H groups in total. The van der Waals surface area contributed by atoms with E-state index in [1.54, 1.807) is 4.90 Å². The van der Waals surface area contributed by atoms with Crippen molar-refractivity contribution in [3.05, 3.63) is 0 Å². The van der Waals surface area contributed by atoms with Crippen LogP contribution in [0, 0.1) is 0 Å². The molecular formula is C15H30N2O5. The van der Waals surface area contributed by atoms with E-state index in [0.29, 0.717) is 33.0 Å². The number of carbonyl (C=O) groups is 1. The summed E-state index contributed by atoms with van der Waals surface area (Å²) in [5, 5.41) is 0. The number of hydrogen-bond acceptors (Lipinski definition) is 6. The Bertz CT molecular complexity index is 294. The molecule has 1 fully saturated rings. The summed E-state index contributed by atoms with van der Waals surface area (Å²) in [6.45, 7) is 10.1. The van der Waals surface area contributed by atoms with Gasteiger partial charge in [-0.15, -0.1) is 0 Å². The monoisotopic (exact) mass is 318 g/mol. The second-order valence-corrected chi connectivity index (χ2v) is 5.55. The number of carbonyl (C=O) groups excluding carboxylic acids is 1. The summed E-state index contributed by atoms with van der Waals surface area (Å²) in [5.74, 6) is 0. The van der Waals surface area contributed by atoms with Crippen molar-refractivity contribution >= 4 is 6.09 Å². The summed E-state index contributed by atoms with van der Waals surface area (Å²) < 4.78 is 21.2. The molecule has 7 nitrogen and oxygen atoms in total. The highest BCUT2D eigenvalue weighted by atomic mass is 16.6. The Kier molecular flexibility index (Phi) is 10.1. The van der Waals surface area contributed by atoms with Crippen molar-refractivity contribution in [2.45, 2.75) is 20.0 Å². The molecule has 1 aliphatic rings. The van der Waals surface area contributed by atoms with Crippen LogP contribution >= 0.6 is 0 Å². The van der Waals surface area contributed by atoms with Crippen molar-refractivity contribution in [2.75, 3.05) is 72.9 Å². The third-order valence-corrected chi connectivity index (χ3v) is 3.27. The summed E-state index contributed by atoms with van der Waals surface area (Å²) in [7, 11) is 2.05. The summed E-state index contributed by atoms with van der Waals surface area (Å²) in [5.41, 5.74) is 0. The second kappa shape index (κ2) is 11.6. The molecule has 0 aromatic carbocycles. The maximum Gasteiger partial charge on any atom is 0.409 e. The van der Waals surface area contributed by atoms with Gasteiger partial charge in [-0.25, -0.2) is 4.79 Å². The lowest BCUT2D eigenvalue weighted by atomic mass is 10.3. The Balaban J connectivity index is 1.86. The molecule has 1 aliphatic heterocycles. The Labute approximate surface area is 133 Å². The third-order valence-electron chi connectivity index (χ3n) is 3.27. The first-order chi connectivity index (χ1) is 10.6. The minimum absolute atomic E-state index is 0.231. The SMILES string of the molecule is CC(C)OCCOCCOCCOC(=O)N1CCN(C)CC1. The molecule has 0 spiro atoms. The molecule has 1 heterocycles. The van der Waals surface area contributed by atoms with Gasteiger partial charge in [-0.2, -0.15) is 0 Å². The van der Waals surface area contributed by atoms with E-state index in [1.807, 2.05) is 20.9 Å². The lowest BCUT2D eigenvalue weighted by molar-refractivity contribution is -0.00894. The Morgan fingerprint density at radius 1 is 0.909 bits per heavy atom. The Hall–Kier alpha value is -0.890. The average molecular weight is 318 g/mol. The van der Waals surface area contributed by atoms with Crippen LogP contribution in [0.2, 0.25) is 0 Å². The average Bonchev–Trinajstić information content (AvgIpc) is 2.49. The normalized spacial score (nSPS) is 16.3. The van der Waals surface area contributed by atoms with Gasteiger partial charge in [0, 0.05) is 26.2 Å². The highest BCUT2D eigenvalue weighted by Crippen LogP contribution is 2.01. The van der Waals surface area contributed by atoms with Crippen molar-refractivity contribution in [3.8, 4) is 0 Å². The van der Waals surface area contributed by atoms with Crippen molar-refractivity contribution in [2.24, 2.45) is 0 Å². The van der Waals surface area contributed by atoms with Gasteiger partial charge in [0.2, 0.25) is 0 Å². The van der Waals surface area contributed by atoms with E-state index in [1.165, 1.54) is 0 Å². The number of nitrogens with zero attached hydrogens (tertiary/aromatic N) is 2. The van der Waals surface area contributed by atoms with Gasteiger partial charge >= 0.3 is 6.09 Å². The van der Waals surface area contributed by atoms with Crippen LogP contribution in [0.4, 0.5) is 4.79 Å². The third kappa shape index (κ3) is 9.19.